The minimum atomic E-state index is -0.876. The fraction of sp³-hybridized carbons (Fsp3) is 0.609. The minimum Gasteiger partial charge on any atom is -0.508 e. The number of hydrogen-bond acceptors (Lipinski definition) is 5. The van der Waals surface area contributed by atoms with Gasteiger partial charge in [0.05, 0.1) is 0 Å². The molecule has 31 heavy (non-hydrogen) atoms. The second-order valence-corrected chi connectivity index (χ2v) is 8.48. The molecule has 1 rings (SSSR count). The summed E-state index contributed by atoms with van der Waals surface area (Å²) in [5, 5.41) is 15.2. The van der Waals surface area contributed by atoms with E-state index in [1.165, 1.54) is 11.0 Å². The van der Waals surface area contributed by atoms with E-state index in [1.807, 2.05) is 0 Å². The molecule has 0 aliphatic heterocycles. The number of nitrogens with zero attached hydrogens (tertiary/aromatic N) is 1. The molecule has 8 heteroatoms. The molecule has 0 aliphatic carbocycles. The first-order valence-electron chi connectivity index (χ1n) is 10.8. The number of benzene rings is 1. The van der Waals surface area contributed by atoms with Crippen molar-refractivity contribution in [2.75, 3.05) is 19.6 Å². The van der Waals surface area contributed by atoms with Crippen molar-refractivity contribution in [3.8, 4) is 5.75 Å². The summed E-state index contributed by atoms with van der Waals surface area (Å²) >= 11 is 0. The third-order valence-corrected chi connectivity index (χ3v) is 4.62. The Kier molecular flexibility index (Phi) is 10.3. The van der Waals surface area contributed by atoms with Gasteiger partial charge in [-0.2, -0.15) is 0 Å². The van der Waals surface area contributed by atoms with E-state index in [-0.39, 0.29) is 24.7 Å². The molecule has 0 saturated carbocycles. The smallest absolute Gasteiger partial charge is 0.408 e. The lowest BCUT2D eigenvalue weighted by Crippen LogP contribution is -2.47. The average Bonchev–Trinajstić information content (AvgIpc) is 2.68. The van der Waals surface area contributed by atoms with Gasteiger partial charge >= 0.3 is 6.09 Å². The molecule has 0 aliphatic rings. The van der Waals surface area contributed by atoms with E-state index in [2.05, 4.69) is 17.6 Å². The monoisotopic (exact) mass is 435 g/mol. The predicted molar refractivity (Wildman–Crippen MR) is 120 cm³/mol. The van der Waals surface area contributed by atoms with Gasteiger partial charge in [-0.3, -0.25) is 9.59 Å². The highest BCUT2D eigenvalue weighted by atomic mass is 16.6. The number of ether oxygens (including phenoxy) is 1. The highest BCUT2D eigenvalue weighted by Crippen LogP contribution is 2.26. The van der Waals surface area contributed by atoms with Crippen molar-refractivity contribution < 1.29 is 24.2 Å². The van der Waals surface area contributed by atoms with Gasteiger partial charge in [0.15, 0.2) is 0 Å². The Balaban J connectivity index is 3.03. The van der Waals surface area contributed by atoms with Gasteiger partial charge in [0.1, 0.15) is 23.9 Å². The van der Waals surface area contributed by atoms with Crippen LogP contribution in [0.3, 0.4) is 0 Å². The van der Waals surface area contributed by atoms with E-state index in [9.17, 15) is 19.5 Å². The molecule has 0 aromatic heterocycles. The molecule has 1 aromatic rings. The zero-order chi connectivity index (χ0) is 23.6. The molecule has 1 atom stereocenters. The second-order valence-electron chi connectivity index (χ2n) is 8.48. The second kappa shape index (κ2) is 12.2. The van der Waals surface area contributed by atoms with Gasteiger partial charge in [0.2, 0.25) is 11.8 Å². The van der Waals surface area contributed by atoms with Gasteiger partial charge in [-0.25, -0.2) is 4.79 Å². The van der Waals surface area contributed by atoms with Crippen LogP contribution in [0.15, 0.2) is 18.2 Å². The number of likely N-dealkylation sites (N-methyl/N-ethyl adjacent to an activating group) is 1. The number of carbonyl (C=O) groups excluding carboxylic acids is 3. The van der Waals surface area contributed by atoms with Crippen molar-refractivity contribution in [3.05, 3.63) is 29.3 Å². The number of carbonyl (C=O) groups is 3. The summed E-state index contributed by atoms with van der Waals surface area (Å²) in [6.45, 7) is 11.3. The summed E-state index contributed by atoms with van der Waals surface area (Å²) in [7, 11) is 0. The number of amides is 3. The van der Waals surface area contributed by atoms with E-state index in [1.54, 1.807) is 46.8 Å². The Morgan fingerprint density at radius 3 is 2.35 bits per heavy atom. The fourth-order valence-electron chi connectivity index (χ4n) is 3.07. The number of nitrogens with one attached hydrogen (secondary N) is 2. The predicted octanol–water partition coefficient (Wildman–Crippen LogP) is 3.42. The first-order chi connectivity index (χ1) is 14.5. The summed E-state index contributed by atoms with van der Waals surface area (Å²) in [5.41, 5.74) is 0.523. The standard InChI is InChI=1S/C23H37N3O5/c1-7-9-10-13-24-21(29)20(17-11-12-18(27)16(3)14-17)26(8-2)19(28)15-25-22(30)31-23(4,5)6/h11-12,14,20,27H,7-10,13,15H2,1-6H3,(H,24,29)(H,25,30). The highest BCUT2D eigenvalue weighted by Gasteiger charge is 2.31. The molecule has 0 spiro atoms. The van der Waals surface area contributed by atoms with E-state index in [0.29, 0.717) is 17.7 Å². The molecule has 3 N–H and O–H groups in total. The molecular formula is C23H37N3O5. The van der Waals surface area contributed by atoms with Gasteiger partial charge in [-0.1, -0.05) is 25.8 Å². The zero-order valence-corrected chi connectivity index (χ0v) is 19.6. The van der Waals surface area contributed by atoms with Crippen LogP contribution in [0.25, 0.3) is 0 Å². The van der Waals surface area contributed by atoms with E-state index >= 15 is 0 Å². The van der Waals surface area contributed by atoms with Gasteiger partial charge in [-0.15, -0.1) is 0 Å². The van der Waals surface area contributed by atoms with Gasteiger partial charge in [0, 0.05) is 13.1 Å². The molecule has 0 fully saturated rings. The first-order valence-corrected chi connectivity index (χ1v) is 10.8. The quantitative estimate of drug-likeness (QED) is 0.488. The van der Waals surface area contributed by atoms with Crippen LogP contribution < -0.4 is 10.6 Å². The largest absolute Gasteiger partial charge is 0.508 e. The topological polar surface area (TPSA) is 108 Å². The first kappa shape index (κ1) is 26.3. The summed E-state index contributed by atoms with van der Waals surface area (Å²) in [4.78, 5) is 39.3. The van der Waals surface area contributed by atoms with Gasteiger partial charge < -0.3 is 25.4 Å². The van der Waals surface area contributed by atoms with Crippen LogP contribution in [0.4, 0.5) is 4.79 Å². The van der Waals surface area contributed by atoms with E-state index < -0.39 is 23.6 Å². The number of rotatable bonds is 10. The molecule has 3 amide bonds. The van der Waals surface area contributed by atoms with Gasteiger partial charge in [-0.05, 0) is 64.3 Å². The van der Waals surface area contributed by atoms with Crippen molar-refractivity contribution >= 4 is 17.9 Å². The number of unbranched alkanes of at least 4 members (excludes halogenated alkanes) is 2. The molecule has 0 saturated heterocycles. The Morgan fingerprint density at radius 1 is 1.13 bits per heavy atom. The van der Waals surface area contributed by atoms with Crippen LogP contribution in [-0.2, 0) is 14.3 Å². The average molecular weight is 436 g/mol. The van der Waals surface area contributed by atoms with Gasteiger partial charge in [0.25, 0.3) is 0 Å². The van der Waals surface area contributed by atoms with Crippen molar-refractivity contribution in [1.29, 1.82) is 0 Å². The summed E-state index contributed by atoms with van der Waals surface area (Å²) in [5.74, 6) is -0.590. The summed E-state index contributed by atoms with van der Waals surface area (Å²) in [6, 6.07) is 3.97. The van der Waals surface area contributed by atoms with Crippen LogP contribution in [0.2, 0.25) is 0 Å². The van der Waals surface area contributed by atoms with Crippen LogP contribution >= 0.6 is 0 Å². The van der Waals surface area contributed by atoms with E-state index in [0.717, 1.165) is 19.3 Å². The lowest BCUT2D eigenvalue weighted by Gasteiger charge is -2.31. The highest BCUT2D eigenvalue weighted by molar-refractivity contribution is 5.90. The van der Waals surface area contributed by atoms with Crippen molar-refractivity contribution in [2.45, 2.75) is 72.4 Å². The molecule has 8 nitrogen and oxygen atoms in total. The maximum Gasteiger partial charge on any atom is 0.408 e. The molecule has 0 heterocycles. The Bertz CT molecular complexity index is 758. The molecule has 0 radical (unpaired) electrons. The third-order valence-electron chi connectivity index (χ3n) is 4.62. The SMILES string of the molecule is CCCCCNC(=O)C(c1ccc(O)c(C)c1)N(CC)C(=O)CNC(=O)OC(C)(C)C. The number of aromatic hydroxyl groups is 1. The van der Waals surface area contributed by atoms with Crippen LogP contribution in [0, 0.1) is 6.92 Å². The zero-order valence-electron chi connectivity index (χ0n) is 19.6. The Morgan fingerprint density at radius 2 is 1.81 bits per heavy atom. The van der Waals surface area contributed by atoms with E-state index in [4.69, 9.17) is 4.74 Å². The third kappa shape index (κ3) is 8.86. The summed E-state index contributed by atoms with van der Waals surface area (Å²) in [6.07, 6.45) is 2.19. The fourth-order valence-corrected chi connectivity index (χ4v) is 3.07. The minimum absolute atomic E-state index is 0.117. The number of phenols is 1. The molecule has 1 unspecified atom stereocenters. The number of alkyl carbamates (subject to hydrolysis) is 1. The molecule has 174 valence electrons. The normalized spacial score (nSPS) is 12.1. The van der Waals surface area contributed by atoms with Crippen LogP contribution in [0.5, 0.6) is 5.75 Å². The van der Waals surface area contributed by atoms with Crippen molar-refractivity contribution in [1.82, 2.24) is 15.5 Å². The molecular weight excluding hydrogens is 398 g/mol. The Hall–Kier alpha value is -2.77. The molecule has 0 bridgehead atoms. The van der Waals surface area contributed by atoms with Crippen molar-refractivity contribution in [2.24, 2.45) is 0 Å². The maximum absolute atomic E-state index is 13.1. The lowest BCUT2D eigenvalue weighted by molar-refractivity contribution is -0.140. The van der Waals surface area contributed by atoms with Crippen molar-refractivity contribution in [3.63, 3.8) is 0 Å². The number of phenolic OH excluding ortho intramolecular Hbond substituents is 1. The Labute approximate surface area is 185 Å². The maximum atomic E-state index is 13.1. The molecule has 1 aromatic carbocycles. The lowest BCUT2D eigenvalue weighted by atomic mass is 10.0. The number of hydrogen-bond donors (Lipinski definition) is 3. The van der Waals surface area contributed by atoms with Crippen LogP contribution in [0.1, 0.15) is 71.0 Å². The number of aryl methyl sites for hydroxylation is 1. The summed E-state index contributed by atoms with van der Waals surface area (Å²) < 4.78 is 5.17. The van der Waals surface area contributed by atoms with Crippen LogP contribution in [-0.4, -0.2) is 53.1 Å².